The normalized spacial score (nSPS) is 28.5. The number of carbonyl (C=O) groups excluding carboxylic acids is 1. The molecule has 5 heteroatoms. The number of nitrogens with zero attached hydrogens (tertiary/aromatic N) is 2. The number of likely N-dealkylation sites (tertiary alicyclic amines) is 2. The summed E-state index contributed by atoms with van der Waals surface area (Å²) in [6.45, 7) is 2.68. The Kier molecular flexibility index (Phi) is 4.59. The average Bonchev–Trinajstić information content (AvgIpc) is 2.89. The van der Waals surface area contributed by atoms with Crippen LogP contribution >= 0.6 is 0 Å². The first-order valence-electron chi connectivity index (χ1n) is 9.37. The van der Waals surface area contributed by atoms with E-state index >= 15 is 0 Å². The van der Waals surface area contributed by atoms with E-state index in [1.807, 2.05) is 35.2 Å². The lowest BCUT2D eigenvalue weighted by atomic mass is 9.69. The Morgan fingerprint density at radius 2 is 2.15 bits per heavy atom. The Morgan fingerprint density at radius 1 is 1.31 bits per heavy atom. The van der Waals surface area contributed by atoms with Gasteiger partial charge in [-0.05, 0) is 51.1 Å². The number of para-hydroxylation sites is 1. The van der Waals surface area contributed by atoms with Gasteiger partial charge in [0.2, 0.25) is 0 Å². The minimum absolute atomic E-state index is 0.0272. The smallest absolute Gasteiger partial charge is 0.254 e. The number of benzene rings is 1. The van der Waals surface area contributed by atoms with Gasteiger partial charge >= 0.3 is 0 Å². The van der Waals surface area contributed by atoms with Crippen LogP contribution in [-0.2, 0) is 4.79 Å². The van der Waals surface area contributed by atoms with E-state index in [2.05, 4.69) is 11.9 Å². The number of amides is 1. The Balaban J connectivity index is 1.66. The fraction of sp³-hybridized carbons (Fsp3) is 0.476. The van der Waals surface area contributed by atoms with Crippen molar-refractivity contribution in [3.63, 3.8) is 0 Å². The number of hydrogen-bond donors (Lipinski definition) is 1. The summed E-state index contributed by atoms with van der Waals surface area (Å²) in [4.78, 5) is 17.6. The Morgan fingerprint density at radius 3 is 3.00 bits per heavy atom. The van der Waals surface area contributed by atoms with Gasteiger partial charge in [0.05, 0.1) is 18.9 Å². The molecule has 3 heterocycles. The third-order valence-electron chi connectivity index (χ3n) is 6.13. The average molecular weight is 354 g/mol. The minimum Gasteiger partial charge on any atom is -0.464 e. The summed E-state index contributed by atoms with van der Waals surface area (Å²) >= 11 is 0. The molecule has 0 bridgehead atoms. The standard InChI is InChI=1S/C21H26N2O3/c1-22-11-9-21(15-24)8-4-10-23(19(21)14-22)20(25)17-7-12-26-18-6-3-2-5-16(18)13-17/h2-3,5-7,12-13,19,24H,4,8-11,14-15H2,1H3/t19-,21-/m1/s1. The van der Waals surface area contributed by atoms with E-state index in [9.17, 15) is 9.90 Å². The molecule has 2 atom stereocenters. The number of piperidine rings is 2. The molecule has 0 aliphatic carbocycles. The van der Waals surface area contributed by atoms with E-state index in [4.69, 9.17) is 4.74 Å². The van der Waals surface area contributed by atoms with Crippen molar-refractivity contribution in [1.82, 2.24) is 9.80 Å². The molecule has 1 amide bonds. The summed E-state index contributed by atoms with van der Waals surface area (Å²) in [7, 11) is 2.09. The van der Waals surface area contributed by atoms with Gasteiger partial charge < -0.3 is 19.6 Å². The van der Waals surface area contributed by atoms with Crippen molar-refractivity contribution >= 4 is 12.0 Å². The van der Waals surface area contributed by atoms with Crippen molar-refractivity contribution in [3.05, 3.63) is 47.7 Å². The first-order valence-corrected chi connectivity index (χ1v) is 9.37. The molecule has 1 aromatic rings. The summed E-state index contributed by atoms with van der Waals surface area (Å²) < 4.78 is 5.63. The largest absolute Gasteiger partial charge is 0.464 e. The number of fused-ring (bicyclic) bond motifs is 2. The van der Waals surface area contributed by atoms with Crippen LogP contribution in [0.5, 0.6) is 5.75 Å². The predicted octanol–water partition coefficient (Wildman–Crippen LogP) is 2.28. The molecule has 5 nitrogen and oxygen atoms in total. The van der Waals surface area contributed by atoms with Crippen LogP contribution in [0, 0.1) is 5.41 Å². The summed E-state index contributed by atoms with van der Waals surface area (Å²) in [5.74, 6) is 0.784. The molecule has 3 aliphatic heterocycles. The molecule has 138 valence electrons. The summed E-state index contributed by atoms with van der Waals surface area (Å²) in [5.41, 5.74) is 1.38. The lowest BCUT2D eigenvalue weighted by Crippen LogP contribution is -2.63. The number of carbonyl (C=O) groups is 1. The highest BCUT2D eigenvalue weighted by Gasteiger charge is 2.48. The van der Waals surface area contributed by atoms with E-state index in [1.54, 1.807) is 12.3 Å². The van der Waals surface area contributed by atoms with E-state index < -0.39 is 0 Å². The SMILES string of the molecule is CN1CC[C@@]2(CO)CCCN(C(=O)C3=Cc4ccccc4OC=C3)[C@@H]2C1. The number of hydrogen-bond acceptors (Lipinski definition) is 4. The molecule has 4 rings (SSSR count). The molecule has 3 aliphatic rings. The van der Waals surface area contributed by atoms with E-state index in [0.29, 0.717) is 5.57 Å². The lowest BCUT2D eigenvalue weighted by molar-refractivity contribution is -0.141. The van der Waals surface area contributed by atoms with Gasteiger partial charge in [0.25, 0.3) is 5.91 Å². The lowest BCUT2D eigenvalue weighted by Gasteiger charge is -2.54. The highest BCUT2D eigenvalue weighted by molar-refractivity contribution is 6.01. The molecule has 0 spiro atoms. The van der Waals surface area contributed by atoms with Crippen LogP contribution in [0.15, 0.2) is 42.2 Å². The molecule has 0 saturated carbocycles. The first kappa shape index (κ1) is 17.3. The van der Waals surface area contributed by atoms with Gasteiger partial charge in [0.1, 0.15) is 5.75 Å². The number of aliphatic hydroxyl groups is 1. The Hall–Kier alpha value is -2.11. The zero-order valence-electron chi connectivity index (χ0n) is 15.2. The van der Waals surface area contributed by atoms with Gasteiger partial charge in [-0.15, -0.1) is 0 Å². The van der Waals surface area contributed by atoms with Crippen molar-refractivity contribution in [3.8, 4) is 5.75 Å². The van der Waals surface area contributed by atoms with Crippen LogP contribution in [0.3, 0.4) is 0 Å². The molecule has 2 fully saturated rings. The van der Waals surface area contributed by atoms with Crippen LogP contribution in [-0.4, -0.2) is 60.1 Å². The summed E-state index contributed by atoms with van der Waals surface area (Å²) in [5, 5.41) is 10.1. The second kappa shape index (κ2) is 6.89. The van der Waals surface area contributed by atoms with Crippen LogP contribution < -0.4 is 4.74 Å². The van der Waals surface area contributed by atoms with E-state index in [0.717, 1.165) is 50.2 Å². The molecular weight excluding hydrogens is 328 g/mol. The van der Waals surface area contributed by atoms with Crippen molar-refractivity contribution in [1.29, 1.82) is 0 Å². The zero-order chi connectivity index (χ0) is 18.1. The second-order valence-corrected chi connectivity index (χ2v) is 7.71. The molecule has 0 radical (unpaired) electrons. The van der Waals surface area contributed by atoms with Crippen LogP contribution in [0.1, 0.15) is 24.8 Å². The van der Waals surface area contributed by atoms with Gasteiger partial charge in [-0.2, -0.15) is 0 Å². The van der Waals surface area contributed by atoms with Gasteiger partial charge in [-0.3, -0.25) is 4.79 Å². The zero-order valence-corrected chi connectivity index (χ0v) is 15.2. The van der Waals surface area contributed by atoms with Crippen molar-refractivity contribution in [2.24, 2.45) is 5.41 Å². The highest BCUT2D eigenvalue weighted by atomic mass is 16.5. The number of aliphatic hydroxyl groups excluding tert-OH is 1. The van der Waals surface area contributed by atoms with Crippen LogP contribution in [0.2, 0.25) is 0 Å². The first-order chi connectivity index (χ1) is 12.6. The molecule has 26 heavy (non-hydrogen) atoms. The number of ether oxygens (including phenoxy) is 1. The van der Waals surface area contributed by atoms with Gasteiger partial charge in [-0.1, -0.05) is 18.2 Å². The van der Waals surface area contributed by atoms with Crippen LogP contribution in [0.4, 0.5) is 0 Å². The fourth-order valence-electron chi connectivity index (χ4n) is 4.55. The Bertz CT molecular complexity index is 757. The molecule has 0 aromatic heterocycles. The van der Waals surface area contributed by atoms with Gasteiger partial charge in [-0.25, -0.2) is 0 Å². The van der Waals surface area contributed by atoms with Crippen molar-refractivity contribution < 1.29 is 14.6 Å². The maximum atomic E-state index is 13.4. The molecule has 1 aromatic carbocycles. The molecular formula is C21H26N2O3. The van der Waals surface area contributed by atoms with Crippen LogP contribution in [0.25, 0.3) is 6.08 Å². The maximum absolute atomic E-state index is 13.4. The number of rotatable bonds is 2. The second-order valence-electron chi connectivity index (χ2n) is 7.71. The highest BCUT2D eigenvalue weighted by Crippen LogP contribution is 2.42. The van der Waals surface area contributed by atoms with Crippen molar-refractivity contribution in [2.45, 2.75) is 25.3 Å². The third kappa shape index (κ3) is 2.95. The number of likely N-dealkylation sites (N-methyl/N-ethyl adjacent to an activating group) is 1. The van der Waals surface area contributed by atoms with E-state index in [1.165, 1.54) is 0 Å². The summed E-state index contributed by atoms with van der Waals surface area (Å²) in [6, 6.07) is 7.78. The third-order valence-corrected chi connectivity index (χ3v) is 6.13. The minimum atomic E-state index is -0.163. The van der Waals surface area contributed by atoms with Gasteiger partial charge in [0, 0.05) is 29.6 Å². The summed E-state index contributed by atoms with van der Waals surface area (Å²) in [6.07, 6.45) is 8.12. The topological polar surface area (TPSA) is 53.0 Å². The predicted molar refractivity (Wildman–Crippen MR) is 101 cm³/mol. The Labute approximate surface area is 154 Å². The molecule has 0 unspecified atom stereocenters. The fourth-order valence-corrected chi connectivity index (χ4v) is 4.55. The monoisotopic (exact) mass is 354 g/mol. The quantitative estimate of drug-likeness (QED) is 0.885. The van der Waals surface area contributed by atoms with Gasteiger partial charge in [0.15, 0.2) is 0 Å². The van der Waals surface area contributed by atoms with Crippen molar-refractivity contribution in [2.75, 3.05) is 33.3 Å². The molecule has 1 N–H and O–H groups in total. The molecule has 2 saturated heterocycles. The maximum Gasteiger partial charge on any atom is 0.254 e. The van der Waals surface area contributed by atoms with E-state index in [-0.39, 0.29) is 24.0 Å².